The lowest BCUT2D eigenvalue weighted by Crippen LogP contribution is -1.80. The van der Waals surface area contributed by atoms with Crippen LogP contribution < -0.4 is 0 Å². The molecular formula is C27H32. The Morgan fingerprint density at radius 3 is 1.04 bits per heavy atom. The van der Waals surface area contributed by atoms with Gasteiger partial charge >= 0.3 is 0 Å². The molecule has 0 atom stereocenters. The summed E-state index contributed by atoms with van der Waals surface area (Å²) >= 11 is 0. The predicted molar refractivity (Wildman–Crippen MR) is 123 cm³/mol. The number of hydrogen-bond acceptors (Lipinski definition) is 0. The summed E-state index contributed by atoms with van der Waals surface area (Å²) in [6.45, 7) is 10.1. The summed E-state index contributed by atoms with van der Waals surface area (Å²) in [5.74, 6) is 0. The summed E-state index contributed by atoms with van der Waals surface area (Å²) in [6, 6.07) is 27.9. The Kier molecular flexibility index (Phi) is 11.0. The normalized spacial score (nSPS) is 10.1. The molecule has 0 radical (unpaired) electrons. The van der Waals surface area contributed by atoms with Gasteiger partial charge in [-0.3, -0.25) is 0 Å². The molecule has 0 bridgehead atoms. The second-order valence-electron chi connectivity index (χ2n) is 6.14. The third-order valence-electron chi connectivity index (χ3n) is 4.04. The van der Waals surface area contributed by atoms with Gasteiger partial charge in [0.1, 0.15) is 0 Å². The van der Waals surface area contributed by atoms with Crippen LogP contribution in [0.15, 0.2) is 103 Å². The zero-order chi connectivity index (χ0) is 19.9. The van der Waals surface area contributed by atoms with E-state index in [2.05, 4.69) is 79.7 Å². The molecule has 0 amide bonds. The van der Waals surface area contributed by atoms with Crippen molar-refractivity contribution in [2.45, 2.75) is 34.6 Å². The highest BCUT2D eigenvalue weighted by atomic mass is 14.0. The Balaban J connectivity index is 0.000000390. The average Bonchev–Trinajstić information content (AvgIpc) is 2.75. The van der Waals surface area contributed by atoms with E-state index in [-0.39, 0.29) is 0 Å². The number of allylic oxidation sites excluding steroid dienone is 4. The zero-order valence-electron chi connectivity index (χ0n) is 17.3. The standard InChI is InChI=1S/C19H16.2C4H8/c1-15-7-9-17(10-8-15)19-13-11-18(12-14-19)16-5-3-2-4-6-16;2*1-3-4-2/h2-14H,1H3;2*3-4H,1-2H3/b;2*4-3-. The Morgan fingerprint density at radius 2 is 0.704 bits per heavy atom. The van der Waals surface area contributed by atoms with Crippen molar-refractivity contribution in [3.63, 3.8) is 0 Å². The van der Waals surface area contributed by atoms with Gasteiger partial charge < -0.3 is 0 Å². The first-order valence-electron chi connectivity index (χ1n) is 9.53. The van der Waals surface area contributed by atoms with Crippen molar-refractivity contribution in [3.8, 4) is 22.3 Å². The van der Waals surface area contributed by atoms with Crippen LogP contribution in [0.25, 0.3) is 22.3 Å². The Labute approximate surface area is 165 Å². The number of rotatable bonds is 2. The van der Waals surface area contributed by atoms with Crippen molar-refractivity contribution >= 4 is 0 Å². The quantitative estimate of drug-likeness (QED) is 0.404. The van der Waals surface area contributed by atoms with Crippen LogP contribution in [-0.2, 0) is 0 Å². The Bertz CT molecular complexity index is 771. The van der Waals surface area contributed by atoms with E-state index in [9.17, 15) is 0 Å². The monoisotopic (exact) mass is 356 g/mol. The minimum Gasteiger partial charge on any atom is -0.0919 e. The average molecular weight is 357 g/mol. The van der Waals surface area contributed by atoms with E-state index >= 15 is 0 Å². The summed E-state index contributed by atoms with van der Waals surface area (Å²) in [6.07, 6.45) is 8.00. The molecule has 0 unspecified atom stereocenters. The minimum absolute atomic E-state index is 1.26. The molecule has 0 aliphatic carbocycles. The summed E-state index contributed by atoms with van der Waals surface area (Å²) in [5, 5.41) is 0. The Morgan fingerprint density at radius 1 is 0.407 bits per heavy atom. The molecule has 0 aliphatic rings. The molecule has 140 valence electrons. The highest BCUT2D eigenvalue weighted by Gasteiger charge is 1.99. The van der Waals surface area contributed by atoms with Crippen molar-refractivity contribution in [2.24, 2.45) is 0 Å². The maximum absolute atomic E-state index is 2.19. The van der Waals surface area contributed by atoms with Crippen LogP contribution in [0.1, 0.15) is 33.3 Å². The van der Waals surface area contributed by atoms with E-state index in [1.807, 2.05) is 58.1 Å². The highest BCUT2D eigenvalue weighted by Crippen LogP contribution is 2.24. The van der Waals surface area contributed by atoms with Crippen molar-refractivity contribution in [2.75, 3.05) is 0 Å². The van der Waals surface area contributed by atoms with E-state index in [0.29, 0.717) is 0 Å². The lowest BCUT2D eigenvalue weighted by molar-refractivity contribution is 1.47. The molecule has 0 aliphatic heterocycles. The van der Waals surface area contributed by atoms with Crippen LogP contribution in [0.2, 0.25) is 0 Å². The molecule has 0 spiro atoms. The number of aryl methyl sites for hydroxylation is 1. The highest BCUT2D eigenvalue weighted by molar-refractivity contribution is 5.70. The molecule has 0 fully saturated rings. The molecule has 0 heterocycles. The number of benzene rings is 3. The van der Waals surface area contributed by atoms with E-state index < -0.39 is 0 Å². The second-order valence-corrected chi connectivity index (χ2v) is 6.14. The largest absolute Gasteiger partial charge is 0.0919 e. The van der Waals surface area contributed by atoms with Crippen LogP contribution in [0.4, 0.5) is 0 Å². The third-order valence-corrected chi connectivity index (χ3v) is 4.04. The molecule has 0 heteroatoms. The van der Waals surface area contributed by atoms with Gasteiger partial charge in [-0.2, -0.15) is 0 Å². The van der Waals surface area contributed by atoms with Crippen molar-refractivity contribution < 1.29 is 0 Å². The van der Waals surface area contributed by atoms with Gasteiger partial charge in [-0.05, 0) is 56.9 Å². The van der Waals surface area contributed by atoms with Crippen molar-refractivity contribution in [3.05, 3.63) is 109 Å². The minimum atomic E-state index is 1.26. The maximum atomic E-state index is 2.19. The molecule has 0 saturated heterocycles. The van der Waals surface area contributed by atoms with Gasteiger partial charge in [0, 0.05) is 0 Å². The SMILES string of the molecule is C/C=C\C.C/C=C\C.Cc1ccc(-c2ccc(-c3ccccc3)cc2)cc1. The van der Waals surface area contributed by atoms with Crippen LogP contribution >= 0.6 is 0 Å². The topological polar surface area (TPSA) is 0 Å². The fourth-order valence-corrected chi connectivity index (χ4v) is 2.23. The van der Waals surface area contributed by atoms with Gasteiger partial charge in [0.25, 0.3) is 0 Å². The van der Waals surface area contributed by atoms with Crippen LogP contribution in [0.5, 0.6) is 0 Å². The molecule has 27 heavy (non-hydrogen) atoms. The fraction of sp³-hybridized carbons (Fsp3) is 0.185. The third kappa shape index (κ3) is 8.37. The summed E-state index contributed by atoms with van der Waals surface area (Å²) in [4.78, 5) is 0. The molecular weight excluding hydrogens is 324 g/mol. The second kappa shape index (κ2) is 13.4. The molecule has 3 rings (SSSR count). The Hall–Kier alpha value is -2.86. The zero-order valence-corrected chi connectivity index (χ0v) is 17.3. The lowest BCUT2D eigenvalue weighted by atomic mass is 10.00. The predicted octanol–water partition coefficient (Wildman–Crippen LogP) is 8.49. The van der Waals surface area contributed by atoms with Gasteiger partial charge in [0.2, 0.25) is 0 Å². The van der Waals surface area contributed by atoms with E-state index in [4.69, 9.17) is 0 Å². The molecule has 0 aromatic heterocycles. The van der Waals surface area contributed by atoms with Gasteiger partial charge in [0.15, 0.2) is 0 Å². The summed E-state index contributed by atoms with van der Waals surface area (Å²) in [7, 11) is 0. The summed E-state index contributed by atoms with van der Waals surface area (Å²) < 4.78 is 0. The van der Waals surface area contributed by atoms with Crippen LogP contribution in [0, 0.1) is 6.92 Å². The summed E-state index contributed by atoms with van der Waals surface area (Å²) in [5.41, 5.74) is 6.35. The lowest BCUT2D eigenvalue weighted by Gasteiger charge is -2.05. The first-order valence-corrected chi connectivity index (χ1v) is 9.53. The van der Waals surface area contributed by atoms with Gasteiger partial charge in [-0.15, -0.1) is 0 Å². The molecule has 3 aromatic rings. The number of hydrogen-bond donors (Lipinski definition) is 0. The molecule has 0 nitrogen and oxygen atoms in total. The molecule has 3 aromatic carbocycles. The van der Waals surface area contributed by atoms with Gasteiger partial charge in [-0.1, -0.05) is 109 Å². The van der Waals surface area contributed by atoms with E-state index in [1.165, 1.54) is 27.8 Å². The van der Waals surface area contributed by atoms with Gasteiger partial charge in [0.05, 0.1) is 0 Å². The van der Waals surface area contributed by atoms with Crippen LogP contribution in [0.3, 0.4) is 0 Å². The smallest absolute Gasteiger partial charge is 0.0184 e. The van der Waals surface area contributed by atoms with Crippen LogP contribution in [-0.4, -0.2) is 0 Å². The fourth-order valence-electron chi connectivity index (χ4n) is 2.23. The van der Waals surface area contributed by atoms with Gasteiger partial charge in [-0.25, -0.2) is 0 Å². The first-order chi connectivity index (χ1) is 13.2. The van der Waals surface area contributed by atoms with Crippen molar-refractivity contribution in [1.82, 2.24) is 0 Å². The first kappa shape index (κ1) is 22.2. The van der Waals surface area contributed by atoms with E-state index in [0.717, 1.165) is 0 Å². The van der Waals surface area contributed by atoms with Crippen molar-refractivity contribution in [1.29, 1.82) is 0 Å². The molecule has 0 N–H and O–H groups in total. The maximum Gasteiger partial charge on any atom is -0.0184 e. The molecule has 0 saturated carbocycles. The van der Waals surface area contributed by atoms with E-state index in [1.54, 1.807) is 0 Å².